The molecule has 2 aliphatic rings. The molecule has 1 aromatic carbocycles. The van der Waals surface area contributed by atoms with Crippen LogP contribution in [-0.4, -0.2) is 31.7 Å². The zero-order chi connectivity index (χ0) is 15.7. The highest BCUT2D eigenvalue weighted by atomic mass is 16.2. The third-order valence-electron chi connectivity index (χ3n) is 3.36. The lowest BCUT2D eigenvalue weighted by atomic mass is 10.1. The molecule has 0 aromatic heterocycles. The normalized spacial score (nSPS) is 10.5. The van der Waals surface area contributed by atoms with Gasteiger partial charge in [-0.25, -0.2) is 9.78 Å². The zero-order valence-corrected chi connectivity index (χ0v) is 12.3. The Morgan fingerprint density at radius 2 is 1.71 bits per heavy atom. The van der Waals surface area contributed by atoms with Crippen LogP contribution in [0.3, 0.4) is 0 Å². The molecule has 0 unspecified atom stereocenters. The molecular weight excluding hydrogens is 272 g/mol. The summed E-state index contributed by atoms with van der Waals surface area (Å²) in [6.45, 7) is 3.99. The maximum absolute atomic E-state index is 11.8. The molecule has 0 bridgehead atoms. The molecule has 0 spiro atoms. The number of aromatic amines is 1. The number of nitrogens with zero attached hydrogens (tertiary/aromatic N) is 3. The second-order valence-electron chi connectivity index (χ2n) is 4.64. The maximum atomic E-state index is 11.8. The Balaban J connectivity index is 0.000000774. The fourth-order valence-corrected chi connectivity index (χ4v) is 2.15. The van der Waals surface area contributed by atoms with Crippen molar-refractivity contribution in [2.24, 2.45) is 7.05 Å². The van der Waals surface area contributed by atoms with Gasteiger partial charge in [-0.3, -0.25) is 9.78 Å². The minimum Gasteiger partial charge on any atom is -0.400 e. The van der Waals surface area contributed by atoms with Crippen LogP contribution in [0.4, 0.5) is 0 Å². The van der Waals surface area contributed by atoms with Crippen molar-refractivity contribution in [2.45, 2.75) is 13.8 Å². The van der Waals surface area contributed by atoms with E-state index in [2.05, 4.69) is 15.0 Å². The fraction of sp³-hybridized carbons (Fsp3) is 0.286. The van der Waals surface area contributed by atoms with Crippen molar-refractivity contribution in [3.63, 3.8) is 0 Å². The number of H-pyrrole nitrogens is 1. The monoisotopic (exact) mass is 288 g/mol. The molecule has 0 atom stereocenters. The molecule has 0 saturated heterocycles. The summed E-state index contributed by atoms with van der Waals surface area (Å²) in [5, 5.41) is 7.00. The number of fused-ring (bicyclic) bond motifs is 2. The standard InChI is InChI=1S/C13H12N4O2.CH4O/c1-6-4-8-9(5-7(6)2)17(3)11-10(14-8)12(18)16-13(19)15-11;1-2/h4-5H,1-3H3,(H,16,18,19);2H,1H3. The van der Waals surface area contributed by atoms with Gasteiger partial charge in [-0.05, 0) is 37.1 Å². The molecule has 0 saturated carbocycles. The summed E-state index contributed by atoms with van der Waals surface area (Å²) in [5.74, 6) is 0.296. The van der Waals surface area contributed by atoms with Gasteiger partial charge in [0, 0.05) is 14.2 Å². The number of aliphatic hydroxyl groups is 1. The Morgan fingerprint density at radius 3 is 2.38 bits per heavy atom. The molecule has 0 amide bonds. The van der Waals surface area contributed by atoms with Gasteiger partial charge in [-0.15, -0.1) is 0 Å². The van der Waals surface area contributed by atoms with Gasteiger partial charge >= 0.3 is 5.69 Å². The predicted octanol–water partition coefficient (Wildman–Crippen LogP) is 0.347. The lowest BCUT2D eigenvalue weighted by molar-refractivity contribution is 0.399. The van der Waals surface area contributed by atoms with E-state index >= 15 is 0 Å². The highest BCUT2D eigenvalue weighted by Gasteiger charge is 2.16. The van der Waals surface area contributed by atoms with Gasteiger partial charge in [0.25, 0.3) is 5.56 Å². The van der Waals surface area contributed by atoms with E-state index in [1.807, 2.05) is 26.0 Å². The summed E-state index contributed by atoms with van der Waals surface area (Å²) >= 11 is 0. The van der Waals surface area contributed by atoms with E-state index in [0.717, 1.165) is 23.8 Å². The zero-order valence-electron chi connectivity index (χ0n) is 12.3. The number of aliphatic hydroxyl groups excluding tert-OH is 1. The molecule has 0 radical (unpaired) electrons. The smallest absolute Gasteiger partial charge is 0.349 e. The van der Waals surface area contributed by atoms with Crippen LogP contribution in [0.25, 0.3) is 22.6 Å². The molecule has 2 N–H and O–H groups in total. The molecule has 0 aliphatic carbocycles. The lowest BCUT2D eigenvalue weighted by Gasteiger charge is -2.13. The van der Waals surface area contributed by atoms with E-state index in [0.29, 0.717) is 11.3 Å². The second-order valence-corrected chi connectivity index (χ2v) is 4.64. The largest absolute Gasteiger partial charge is 0.400 e. The third kappa shape index (κ3) is 2.43. The second kappa shape index (κ2) is 5.45. The number of aryl methyl sites for hydroxylation is 3. The van der Waals surface area contributed by atoms with Crippen LogP contribution >= 0.6 is 0 Å². The summed E-state index contributed by atoms with van der Waals surface area (Å²) in [4.78, 5) is 33.4. The quantitative estimate of drug-likeness (QED) is 0.581. The molecule has 2 aliphatic heterocycles. The van der Waals surface area contributed by atoms with Crippen LogP contribution in [0.1, 0.15) is 11.1 Å². The summed E-state index contributed by atoms with van der Waals surface area (Å²) in [7, 11) is 2.77. The molecule has 3 rings (SSSR count). The number of nitrogens with one attached hydrogen (secondary N) is 1. The lowest BCUT2D eigenvalue weighted by Crippen LogP contribution is -2.28. The average Bonchev–Trinajstić information content (AvgIpc) is 2.45. The molecule has 110 valence electrons. The molecular formula is C14H16N4O3. The minimum absolute atomic E-state index is 0.179. The first kappa shape index (κ1) is 14.9. The Morgan fingerprint density at radius 1 is 1.10 bits per heavy atom. The average molecular weight is 288 g/mol. The first-order chi connectivity index (χ1) is 9.97. The van der Waals surface area contributed by atoms with Crippen molar-refractivity contribution in [1.82, 2.24) is 19.5 Å². The third-order valence-corrected chi connectivity index (χ3v) is 3.36. The van der Waals surface area contributed by atoms with Gasteiger partial charge < -0.3 is 9.67 Å². The van der Waals surface area contributed by atoms with Gasteiger partial charge in [0.2, 0.25) is 0 Å². The molecule has 2 heterocycles. The van der Waals surface area contributed by atoms with Crippen LogP contribution < -0.4 is 11.2 Å². The number of hydrogen-bond donors (Lipinski definition) is 2. The van der Waals surface area contributed by atoms with Gasteiger partial charge in [0.1, 0.15) is 0 Å². The summed E-state index contributed by atoms with van der Waals surface area (Å²) in [5.41, 5.74) is 2.79. The van der Waals surface area contributed by atoms with Crippen molar-refractivity contribution in [2.75, 3.05) is 7.11 Å². The van der Waals surface area contributed by atoms with Gasteiger partial charge in [-0.2, -0.15) is 4.98 Å². The minimum atomic E-state index is -0.655. The van der Waals surface area contributed by atoms with Crippen molar-refractivity contribution < 1.29 is 5.11 Å². The van der Waals surface area contributed by atoms with Crippen molar-refractivity contribution in [3.05, 3.63) is 44.1 Å². The molecule has 0 fully saturated rings. The van der Waals surface area contributed by atoms with Crippen LogP contribution in [0.15, 0.2) is 21.7 Å². The Kier molecular flexibility index (Phi) is 3.86. The predicted molar refractivity (Wildman–Crippen MR) is 79.6 cm³/mol. The van der Waals surface area contributed by atoms with Gasteiger partial charge in [-0.1, -0.05) is 0 Å². The van der Waals surface area contributed by atoms with Crippen LogP contribution in [0.2, 0.25) is 0 Å². The van der Waals surface area contributed by atoms with E-state index in [4.69, 9.17) is 5.11 Å². The SMILES string of the molecule is CO.Cc1cc2nc3c(=O)[nH]c(=O)nc-3n(C)c2cc1C. The fourth-order valence-electron chi connectivity index (χ4n) is 2.15. The van der Waals surface area contributed by atoms with Crippen LogP contribution in [-0.2, 0) is 7.05 Å². The van der Waals surface area contributed by atoms with E-state index in [1.54, 1.807) is 11.6 Å². The van der Waals surface area contributed by atoms with Gasteiger partial charge in [0.05, 0.1) is 11.0 Å². The van der Waals surface area contributed by atoms with E-state index in [1.165, 1.54) is 0 Å². The van der Waals surface area contributed by atoms with Crippen LogP contribution in [0.5, 0.6) is 0 Å². The summed E-state index contributed by atoms with van der Waals surface area (Å²) in [6.07, 6.45) is 0. The molecule has 7 nitrogen and oxygen atoms in total. The highest BCUT2D eigenvalue weighted by Crippen LogP contribution is 2.22. The first-order valence-electron chi connectivity index (χ1n) is 6.30. The van der Waals surface area contributed by atoms with Crippen molar-refractivity contribution in [3.8, 4) is 11.5 Å². The number of aromatic nitrogens is 4. The molecule has 7 heteroatoms. The van der Waals surface area contributed by atoms with E-state index < -0.39 is 11.2 Å². The summed E-state index contributed by atoms with van der Waals surface area (Å²) in [6, 6.07) is 3.90. The maximum Gasteiger partial charge on any atom is 0.349 e. The Labute approximate surface area is 120 Å². The van der Waals surface area contributed by atoms with E-state index in [9.17, 15) is 9.59 Å². The van der Waals surface area contributed by atoms with Crippen molar-refractivity contribution in [1.29, 1.82) is 0 Å². The Hall–Kier alpha value is -2.54. The summed E-state index contributed by atoms with van der Waals surface area (Å²) < 4.78 is 1.72. The first-order valence-corrected chi connectivity index (χ1v) is 6.30. The molecule has 1 aromatic rings. The Bertz CT molecular complexity index is 895. The van der Waals surface area contributed by atoms with Gasteiger partial charge in [0.15, 0.2) is 11.5 Å². The topological polar surface area (TPSA) is 101 Å². The van der Waals surface area contributed by atoms with E-state index in [-0.39, 0.29) is 5.69 Å². The number of hydrogen-bond acceptors (Lipinski definition) is 5. The number of rotatable bonds is 0. The molecule has 21 heavy (non-hydrogen) atoms. The number of benzene rings is 1. The highest BCUT2D eigenvalue weighted by molar-refractivity contribution is 5.80. The van der Waals surface area contributed by atoms with Crippen molar-refractivity contribution >= 4 is 11.0 Å². The van der Waals surface area contributed by atoms with Crippen LogP contribution in [0, 0.1) is 13.8 Å².